The van der Waals surface area contributed by atoms with E-state index in [0.717, 1.165) is 26.9 Å². The quantitative estimate of drug-likeness (QED) is 0.0537. The van der Waals surface area contributed by atoms with Gasteiger partial charge in [-0.05, 0) is 67.4 Å². The molecule has 0 bridgehead atoms. The van der Waals surface area contributed by atoms with Gasteiger partial charge in [-0.2, -0.15) is 0 Å². The molecule has 0 aliphatic heterocycles. The average Bonchev–Trinajstić information content (AvgIpc) is 3.20. The summed E-state index contributed by atoms with van der Waals surface area (Å²) < 4.78 is 46.2. The van der Waals surface area contributed by atoms with Crippen molar-refractivity contribution in [1.82, 2.24) is 9.80 Å². The number of hydrogen-bond acceptors (Lipinski definition) is 18. The molecule has 0 fully saturated rings. The monoisotopic (exact) mass is 896 g/mol. The van der Waals surface area contributed by atoms with Crippen LogP contribution in [0.3, 0.4) is 0 Å². The number of ether oxygens (including phenoxy) is 9. The minimum atomic E-state index is -1.84. The summed E-state index contributed by atoms with van der Waals surface area (Å²) >= 11 is 11.3. The van der Waals surface area contributed by atoms with Crippen LogP contribution in [0, 0.1) is 16.2 Å². The molecule has 0 aliphatic carbocycles. The second-order valence-electron chi connectivity index (χ2n) is 14.9. The number of benzene rings is 1. The minimum Gasteiger partial charge on any atom is -0.465 e. The molecule has 0 spiro atoms. The van der Waals surface area contributed by atoms with Gasteiger partial charge in [0.15, 0.2) is 0 Å². The summed E-state index contributed by atoms with van der Waals surface area (Å²) in [5, 5.41) is 0. The van der Waals surface area contributed by atoms with Crippen LogP contribution in [0.2, 0.25) is 0 Å². The molecule has 342 valence electrons. The predicted octanol–water partition coefficient (Wildman–Crippen LogP) is 4.64. The van der Waals surface area contributed by atoms with E-state index < -0.39 is 98.0 Å². The Morgan fingerprint density at radius 3 is 1.12 bits per heavy atom. The summed E-state index contributed by atoms with van der Waals surface area (Å²) in [7, 11) is 8.35. The molecule has 1 aromatic rings. The van der Waals surface area contributed by atoms with E-state index in [1.807, 2.05) is 0 Å². The fourth-order valence-corrected chi connectivity index (χ4v) is 4.26. The lowest BCUT2D eigenvalue weighted by Crippen LogP contribution is -2.43. The Kier molecular flexibility index (Phi) is 27.6. The first kappa shape index (κ1) is 55.6. The van der Waals surface area contributed by atoms with Gasteiger partial charge in [0.2, 0.25) is 0 Å². The first-order valence-corrected chi connectivity index (χ1v) is 20.0. The van der Waals surface area contributed by atoms with Crippen LogP contribution in [0.1, 0.15) is 53.0 Å². The largest absolute Gasteiger partial charge is 0.508 e. The van der Waals surface area contributed by atoms with E-state index in [1.54, 1.807) is 30.3 Å². The molecule has 2 unspecified atom stereocenters. The van der Waals surface area contributed by atoms with E-state index >= 15 is 0 Å². The van der Waals surface area contributed by atoms with Crippen molar-refractivity contribution in [3.63, 3.8) is 0 Å². The predicted molar refractivity (Wildman–Crippen MR) is 218 cm³/mol. The van der Waals surface area contributed by atoms with Crippen molar-refractivity contribution in [2.45, 2.75) is 54.1 Å². The molecule has 0 aliphatic rings. The molecule has 0 saturated heterocycles. The number of rotatable bonds is 26. The molecule has 0 amide bonds. The highest BCUT2D eigenvalue weighted by Crippen LogP contribution is 2.25. The SMILES string of the molecule is CC(=O)OCC(C)(COC(=O)OCC(C)(COC(=O)OCC(C)(COC(C)=O)C(=O)OCCCCl)C(=O)OCc1ccccc1)C(=O)OCCCCl.CN(C)CCN(C)C. The van der Waals surface area contributed by atoms with Gasteiger partial charge in [-0.3, -0.25) is 24.0 Å². The van der Waals surface area contributed by atoms with Gasteiger partial charge in [0.1, 0.15) is 62.5 Å². The highest BCUT2D eigenvalue weighted by atomic mass is 35.5. The third-order valence-electron chi connectivity index (χ3n) is 7.93. The van der Waals surface area contributed by atoms with Crippen LogP contribution >= 0.6 is 23.2 Å². The number of alkyl halides is 2. The van der Waals surface area contributed by atoms with Gasteiger partial charge in [0.25, 0.3) is 0 Å². The fourth-order valence-electron chi connectivity index (χ4n) is 4.04. The lowest BCUT2D eigenvalue weighted by molar-refractivity contribution is -0.167. The molecule has 2 atom stereocenters. The number of carbonyl (C=O) groups excluding carboxylic acids is 7. The minimum absolute atomic E-state index is 0.0294. The number of likely N-dealkylation sites (N-methyl/N-ethyl adjacent to an activating group) is 2. The lowest BCUT2D eigenvalue weighted by Gasteiger charge is -2.28. The van der Waals surface area contributed by atoms with Crippen LogP contribution < -0.4 is 0 Å². The third kappa shape index (κ3) is 24.6. The molecular formula is C40H62Cl2N2O16. The maximum Gasteiger partial charge on any atom is 0.508 e. The van der Waals surface area contributed by atoms with Gasteiger partial charge < -0.3 is 52.4 Å². The lowest BCUT2D eigenvalue weighted by atomic mass is 9.93. The van der Waals surface area contributed by atoms with E-state index in [2.05, 4.69) is 38.0 Å². The maximum absolute atomic E-state index is 13.3. The zero-order chi connectivity index (χ0) is 45.8. The summed E-state index contributed by atoms with van der Waals surface area (Å²) in [5.74, 6) is -3.54. The molecule has 20 heteroatoms. The first-order chi connectivity index (χ1) is 28.1. The maximum atomic E-state index is 13.3. The Balaban J connectivity index is 0.00000391. The zero-order valence-electron chi connectivity index (χ0n) is 36.2. The van der Waals surface area contributed by atoms with Crippen LogP contribution in [0.4, 0.5) is 9.59 Å². The van der Waals surface area contributed by atoms with Gasteiger partial charge in [-0.25, -0.2) is 9.59 Å². The second-order valence-corrected chi connectivity index (χ2v) is 15.7. The smallest absolute Gasteiger partial charge is 0.465 e. The van der Waals surface area contributed by atoms with Crippen molar-refractivity contribution in [3.05, 3.63) is 35.9 Å². The highest BCUT2D eigenvalue weighted by Gasteiger charge is 2.42. The molecule has 1 aromatic carbocycles. The van der Waals surface area contributed by atoms with Gasteiger partial charge in [-0.15, -0.1) is 23.2 Å². The Morgan fingerprint density at radius 1 is 0.500 bits per heavy atom. The number of halogens is 2. The van der Waals surface area contributed by atoms with Crippen molar-refractivity contribution in [2.24, 2.45) is 16.2 Å². The van der Waals surface area contributed by atoms with E-state index in [4.69, 9.17) is 65.8 Å². The van der Waals surface area contributed by atoms with E-state index in [-0.39, 0.29) is 31.6 Å². The molecular weight excluding hydrogens is 835 g/mol. The van der Waals surface area contributed by atoms with Gasteiger partial charge in [0, 0.05) is 38.7 Å². The van der Waals surface area contributed by atoms with Crippen LogP contribution in [-0.4, -0.2) is 158 Å². The van der Waals surface area contributed by atoms with Crippen LogP contribution in [0.15, 0.2) is 30.3 Å². The molecule has 1 rings (SSSR count). The number of esters is 5. The van der Waals surface area contributed by atoms with Crippen molar-refractivity contribution >= 4 is 65.4 Å². The summed E-state index contributed by atoms with van der Waals surface area (Å²) in [4.78, 5) is 91.3. The number of carbonyl (C=O) groups is 7. The van der Waals surface area contributed by atoms with Crippen molar-refractivity contribution in [3.8, 4) is 0 Å². The second kappa shape index (κ2) is 29.8. The fraction of sp³-hybridized carbons (Fsp3) is 0.675. The number of hydrogen-bond donors (Lipinski definition) is 0. The molecule has 0 heterocycles. The highest BCUT2D eigenvalue weighted by molar-refractivity contribution is 6.18. The van der Waals surface area contributed by atoms with Crippen molar-refractivity contribution < 1.29 is 76.2 Å². The normalized spacial score (nSPS) is 13.8. The average molecular weight is 898 g/mol. The van der Waals surface area contributed by atoms with Crippen LogP contribution in [0.25, 0.3) is 0 Å². The van der Waals surface area contributed by atoms with Crippen LogP contribution in [0.5, 0.6) is 0 Å². The first-order valence-electron chi connectivity index (χ1n) is 19.0. The number of nitrogens with zero attached hydrogens (tertiary/aromatic N) is 2. The Bertz CT molecular complexity index is 1400. The molecule has 0 saturated carbocycles. The topological polar surface area (TPSA) is 209 Å². The summed E-state index contributed by atoms with van der Waals surface area (Å²) in [5.41, 5.74) is -4.45. The van der Waals surface area contributed by atoms with Gasteiger partial charge >= 0.3 is 42.2 Å². The van der Waals surface area contributed by atoms with Crippen LogP contribution in [-0.2, 0) is 73.2 Å². The summed E-state index contributed by atoms with van der Waals surface area (Å²) in [6.07, 6.45) is -1.96. The van der Waals surface area contributed by atoms with E-state index in [9.17, 15) is 33.6 Å². The molecule has 0 aromatic heterocycles. The molecule has 18 nitrogen and oxygen atoms in total. The molecule has 0 radical (unpaired) electrons. The zero-order valence-corrected chi connectivity index (χ0v) is 37.7. The third-order valence-corrected chi connectivity index (χ3v) is 8.46. The molecule has 0 N–H and O–H groups in total. The van der Waals surface area contributed by atoms with Crippen molar-refractivity contribution in [1.29, 1.82) is 0 Å². The Hall–Kier alpha value is -4.39. The standard InChI is InChI=1S/C34H46Cl2O16.C6H16N2/c1-24(37)47-18-32(3,27(39)44-15-9-13-35)20-49-30(42)51-22-34(5,29(41)46-17-26-11-7-6-8-12-26)23-52-31(43)50-21-33(4,19-48-25(2)38)28(40)45-16-10-14-36;1-7(2)5-6-8(3)4/h6-8,11-12H,9-10,13-23H2,1-5H3;5-6H2,1-4H3. The summed E-state index contributed by atoms with van der Waals surface area (Å²) in [6.45, 7) is 4.53. The molecule has 60 heavy (non-hydrogen) atoms. The Morgan fingerprint density at radius 2 is 0.817 bits per heavy atom. The summed E-state index contributed by atoms with van der Waals surface area (Å²) in [6, 6.07) is 8.63. The van der Waals surface area contributed by atoms with E-state index in [1.165, 1.54) is 20.8 Å². The van der Waals surface area contributed by atoms with E-state index in [0.29, 0.717) is 18.4 Å². The van der Waals surface area contributed by atoms with Gasteiger partial charge in [-0.1, -0.05) is 30.3 Å². The van der Waals surface area contributed by atoms with Gasteiger partial charge in [0.05, 0.1) is 13.2 Å². The van der Waals surface area contributed by atoms with Crippen molar-refractivity contribution in [2.75, 3.05) is 106 Å². The Labute approximate surface area is 362 Å².